The van der Waals surface area contributed by atoms with Crippen molar-refractivity contribution < 1.29 is 4.79 Å². The third kappa shape index (κ3) is 5.27. The summed E-state index contributed by atoms with van der Waals surface area (Å²) in [6.45, 7) is 10.6. The molecular weight excluding hydrogens is 362 g/mol. The van der Waals surface area contributed by atoms with Crippen LogP contribution in [0.2, 0.25) is 0 Å². The number of hydrogen-bond donors (Lipinski definition) is 1. The summed E-state index contributed by atoms with van der Waals surface area (Å²) in [4.78, 5) is 27.3. The van der Waals surface area contributed by atoms with Gasteiger partial charge in [0.25, 0.3) is 5.91 Å². The van der Waals surface area contributed by atoms with Crippen molar-refractivity contribution in [3.8, 4) is 0 Å². The van der Waals surface area contributed by atoms with Crippen LogP contribution in [0.3, 0.4) is 0 Å². The largest absolute Gasteiger partial charge is 0.350 e. The molecule has 0 unspecified atom stereocenters. The summed E-state index contributed by atoms with van der Waals surface area (Å²) in [5, 5.41) is 3.21. The molecule has 0 aromatic carbocycles. The Morgan fingerprint density at radius 1 is 1.03 bits per heavy atom. The highest BCUT2D eigenvalue weighted by atomic mass is 16.1. The van der Waals surface area contributed by atoms with E-state index in [-0.39, 0.29) is 11.8 Å². The number of carbonyl (C=O) groups excluding carboxylic acids is 1. The Morgan fingerprint density at radius 2 is 1.69 bits per heavy atom. The molecule has 1 aliphatic carbocycles. The fourth-order valence-electron chi connectivity index (χ4n) is 4.62. The number of nitrogens with zero attached hydrogens (tertiary/aromatic N) is 4. The van der Waals surface area contributed by atoms with E-state index in [1.807, 2.05) is 6.07 Å². The summed E-state index contributed by atoms with van der Waals surface area (Å²) in [5.74, 6) is 0.972. The van der Waals surface area contributed by atoms with Gasteiger partial charge < -0.3 is 15.1 Å². The summed E-state index contributed by atoms with van der Waals surface area (Å²) < 4.78 is 0. The van der Waals surface area contributed by atoms with Crippen molar-refractivity contribution in [2.24, 2.45) is 5.41 Å². The van der Waals surface area contributed by atoms with Gasteiger partial charge in [-0.15, -0.1) is 0 Å². The van der Waals surface area contributed by atoms with Crippen LogP contribution in [0.15, 0.2) is 6.07 Å². The van der Waals surface area contributed by atoms with Crippen molar-refractivity contribution in [2.45, 2.75) is 71.1 Å². The van der Waals surface area contributed by atoms with Crippen LogP contribution in [0.25, 0.3) is 0 Å². The van der Waals surface area contributed by atoms with Crippen molar-refractivity contribution in [3.63, 3.8) is 0 Å². The number of nitrogens with one attached hydrogen (secondary N) is 1. The second-order valence-electron chi connectivity index (χ2n) is 9.70. The van der Waals surface area contributed by atoms with Crippen LogP contribution in [-0.2, 0) is 0 Å². The van der Waals surface area contributed by atoms with Crippen LogP contribution in [-0.4, -0.2) is 60.0 Å². The van der Waals surface area contributed by atoms with Gasteiger partial charge in [-0.3, -0.25) is 4.79 Å². The van der Waals surface area contributed by atoms with Gasteiger partial charge in [0.1, 0.15) is 5.69 Å². The van der Waals surface area contributed by atoms with Gasteiger partial charge in [-0.25, -0.2) is 9.97 Å². The number of rotatable bonds is 7. The molecule has 1 saturated carbocycles. The van der Waals surface area contributed by atoms with Crippen LogP contribution in [0, 0.1) is 5.41 Å². The van der Waals surface area contributed by atoms with Crippen LogP contribution in [0.5, 0.6) is 0 Å². The maximum absolute atomic E-state index is 13.0. The standard InChI is InChI=1S/C23H37N5O/c1-18(2)19-15-20(26-22(25-19)28-13-5-3-4-6-14-28)21(29)24-16-23(9-10-23)17-27-11-7-8-12-27/h15,18H,3-14,16-17H2,1-2H3,(H,24,29). The van der Waals surface area contributed by atoms with Crippen molar-refractivity contribution in [1.82, 2.24) is 20.2 Å². The van der Waals surface area contributed by atoms with E-state index in [0.29, 0.717) is 11.1 Å². The lowest BCUT2D eigenvalue weighted by Crippen LogP contribution is -2.37. The lowest BCUT2D eigenvalue weighted by molar-refractivity contribution is 0.0935. The molecule has 2 saturated heterocycles. The first kappa shape index (κ1) is 20.6. The summed E-state index contributed by atoms with van der Waals surface area (Å²) in [7, 11) is 0. The number of anilines is 1. The minimum Gasteiger partial charge on any atom is -0.350 e. The predicted molar refractivity (Wildman–Crippen MR) is 116 cm³/mol. The minimum atomic E-state index is -0.0435. The van der Waals surface area contributed by atoms with Gasteiger partial charge in [-0.2, -0.15) is 0 Å². The van der Waals surface area contributed by atoms with E-state index in [1.165, 1.54) is 64.5 Å². The first-order valence-corrected chi connectivity index (χ1v) is 11.7. The summed E-state index contributed by atoms with van der Waals surface area (Å²) in [6, 6.07) is 1.89. The molecule has 2 aliphatic heterocycles. The smallest absolute Gasteiger partial charge is 0.270 e. The van der Waals surface area contributed by atoms with E-state index in [2.05, 4.69) is 29.0 Å². The zero-order valence-corrected chi connectivity index (χ0v) is 18.3. The fourth-order valence-corrected chi connectivity index (χ4v) is 4.62. The minimum absolute atomic E-state index is 0.0435. The normalized spacial score (nSPS) is 22.0. The molecular formula is C23H37N5O. The predicted octanol–water partition coefficient (Wildman–Crippen LogP) is 3.59. The van der Waals surface area contributed by atoms with Crippen molar-refractivity contribution in [3.05, 3.63) is 17.5 Å². The van der Waals surface area contributed by atoms with Crippen LogP contribution < -0.4 is 10.2 Å². The van der Waals surface area contributed by atoms with Gasteiger partial charge >= 0.3 is 0 Å². The van der Waals surface area contributed by atoms with Gasteiger partial charge in [-0.05, 0) is 63.6 Å². The number of likely N-dealkylation sites (tertiary alicyclic amines) is 1. The van der Waals surface area contributed by atoms with Gasteiger partial charge in [0, 0.05) is 37.3 Å². The number of hydrogen-bond acceptors (Lipinski definition) is 5. The highest BCUT2D eigenvalue weighted by Crippen LogP contribution is 2.46. The Balaban J connectivity index is 1.44. The molecule has 1 N–H and O–H groups in total. The second-order valence-corrected chi connectivity index (χ2v) is 9.70. The van der Waals surface area contributed by atoms with E-state index >= 15 is 0 Å². The third-order valence-electron chi connectivity index (χ3n) is 6.79. The molecule has 0 bridgehead atoms. The Morgan fingerprint density at radius 3 is 2.31 bits per heavy atom. The average Bonchev–Trinajstić information content (AvgIpc) is 3.39. The molecule has 3 aliphatic rings. The first-order chi connectivity index (χ1) is 14.0. The first-order valence-electron chi connectivity index (χ1n) is 11.7. The van der Waals surface area contributed by atoms with E-state index < -0.39 is 0 Å². The fraction of sp³-hybridized carbons (Fsp3) is 0.783. The monoisotopic (exact) mass is 399 g/mol. The topological polar surface area (TPSA) is 61.4 Å². The molecule has 1 amide bonds. The highest BCUT2D eigenvalue weighted by Gasteiger charge is 2.44. The molecule has 0 spiro atoms. The Bertz CT molecular complexity index is 701. The summed E-state index contributed by atoms with van der Waals surface area (Å²) in [6.07, 6.45) is 9.99. The molecule has 0 radical (unpaired) electrons. The maximum atomic E-state index is 13.0. The van der Waals surface area contributed by atoms with Crippen LogP contribution in [0.1, 0.15) is 87.3 Å². The number of aromatic nitrogens is 2. The Kier molecular flexibility index (Phi) is 6.38. The van der Waals surface area contributed by atoms with Gasteiger partial charge in [0.15, 0.2) is 0 Å². The molecule has 29 heavy (non-hydrogen) atoms. The van der Waals surface area contributed by atoms with Crippen molar-refractivity contribution in [2.75, 3.05) is 44.2 Å². The van der Waals surface area contributed by atoms with Crippen molar-refractivity contribution >= 4 is 11.9 Å². The molecule has 6 nitrogen and oxygen atoms in total. The van der Waals surface area contributed by atoms with E-state index in [9.17, 15) is 4.79 Å². The van der Waals surface area contributed by atoms with E-state index in [0.717, 1.165) is 37.8 Å². The quantitative estimate of drug-likeness (QED) is 0.759. The SMILES string of the molecule is CC(C)c1cc(C(=O)NCC2(CN3CCCC3)CC2)nc(N2CCCCCC2)n1. The average molecular weight is 400 g/mol. The molecule has 160 valence electrons. The van der Waals surface area contributed by atoms with Gasteiger partial charge in [0.2, 0.25) is 5.95 Å². The van der Waals surface area contributed by atoms with E-state index in [1.54, 1.807) is 0 Å². The maximum Gasteiger partial charge on any atom is 0.270 e. The molecule has 1 aromatic rings. The van der Waals surface area contributed by atoms with E-state index in [4.69, 9.17) is 9.97 Å². The molecule has 1 aromatic heterocycles. The molecule has 4 rings (SSSR count). The summed E-state index contributed by atoms with van der Waals surface area (Å²) >= 11 is 0. The van der Waals surface area contributed by atoms with Crippen LogP contribution in [0.4, 0.5) is 5.95 Å². The molecule has 6 heteroatoms. The molecule has 3 fully saturated rings. The van der Waals surface area contributed by atoms with Gasteiger partial charge in [0.05, 0.1) is 0 Å². The zero-order chi connectivity index (χ0) is 20.3. The highest BCUT2D eigenvalue weighted by molar-refractivity contribution is 5.92. The van der Waals surface area contributed by atoms with Crippen LogP contribution >= 0.6 is 0 Å². The lowest BCUT2D eigenvalue weighted by atomic mass is 10.1. The Hall–Kier alpha value is -1.69. The zero-order valence-electron chi connectivity index (χ0n) is 18.3. The van der Waals surface area contributed by atoms with Gasteiger partial charge in [-0.1, -0.05) is 26.7 Å². The third-order valence-corrected chi connectivity index (χ3v) is 6.79. The molecule has 0 atom stereocenters. The van der Waals surface area contributed by atoms with Crippen molar-refractivity contribution in [1.29, 1.82) is 0 Å². The number of carbonyl (C=O) groups is 1. The number of amides is 1. The Labute approximate surface area is 175 Å². The lowest BCUT2D eigenvalue weighted by Gasteiger charge is -2.24. The summed E-state index contributed by atoms with van der Waals surface area (Å²) in [5.41, 5.74) is 1.78. The second kappa shape index (κ2) is 8.99. The molecule has 3 heterocycles.